The standard InChI is InChI=1S/C19H24N2O4/c1-19(2,3)25-18(24)21-11-13(16-14(21)8-6-10-20-16)17(23)12-7-4-5-9-15(12)22/h6,8,10-12,15,22H,4-5,7,9H2,1-3H3/t12-,15-/m0/s1. The Kier molecular flexibility index (Phi) is 4.64. The molecule has 1 aliphatic rings. The summed E-state index contributed by atoms with van der Waals surface area (Å²) in [6.45, 7) is 5.37. The third kappa shape index (κ3) is 3.58. The lowest BCUT2D eigenvalue weighted by molar-refractivity contribution is 0.0527. The summed E-state index contributed by atoms with van der Waals surface area (Å²) in [6.07, 6.45) is 5.05. The van der Waals surface area contributed by atoms with E-state index in [-0.39, 0.29) is 5.78 Å². The third-order valence-corrected chi connectivity index (χ3v) is 4.48. The highest BCUT2D eigenvalue weighted by Gasteiger charge is 2.33. The number of carbonyl (C=O) groups excluding carboxylic acids is 2. The Labute approximate surface area is 146 Å². The van der Waals surface area contributed by atoms with E-state index in [1.165, 1.54) is 10.8 Å². The molecule has 1 aliphatic carbocycles. The predicted molar refractivity (Wildman–Crippen MR) is 93.7 cm³/mol. The number of Topliss-reactive ketones (excluding diaryl/α,β-unsaturated/α-hetero) is 1. The van der Waals surface area contributed by atoms with Crippen LogP contribution in [0.3, 0.4) is 0 Å². The second-order valence-electron chi connectivity index (χ2n) is 7.59. The maximum atomic E-state index is 13.0. The molecule has 6 heteroatoms. The van der Waals surface area contributed by atoms with Gasteiger partial charge in [-0.25, -0.2) is 4.79 Å². The van der Waals surface area contributed by atoms with Gasteiger partial charge in [0.2, 0.25) is 0 Å². The second-order valence-corrected chi connectivity index (χ2v) is 7.59. The number of ketones is 1. The van der Waals surface area contributed by atoms with Gasteiger partial charge in [-0.15, -0.1) is 0 Å². The number of rotatable bonds is 2. The number of aromatic nitrogens is 2. The molecule has 2 heterocycles. The number of carbonyl (C=O) groups is 2. The molecule has 2 aromatic heterocycles. The van der Waals surface area contributed by atoms with E-state index >= 15 is 0 Å². The van der Waals surface area contributed by atoms with Gasteiger partial charge < -0.3 is 9.84 Å². The Balaban J connectivity index is 2.02. The van der Waals surface area contributed by atoms with Crippen LogP contribution in [0.4, 0.5) is 4.79 Å². The molecule has 1 fully saturated rings. The first kappa shape index (κ1) is 17.6. The van der Waals surface area contributed by atoms with Gasteiger partial charge in [-0.3, -0.25) is 14.3 Å². The number of aliphatic hydroxyl groups is 1. The van der Waals surface area contributed by atoms with Crippen LogP contribution in [-0.2, 0) is 4.74 Å². The van der Waals surface area contributed by atoms with Crippen LogP contribution < -0.4 is 0 Å². The number of nitrogens with zero attached hydrogens (tertiary/aromatic N) is 2. The van der Waals surface area contributed by atoms with Crippen molar-refractivity contribution in [3.8, 4) is 0 Å². The lowest BCUT2D eigenvalue weighted by atomic mass is 9.82. The van der Waals surface area contributed by atoms with Crippen molar-refractivity contribution in [2.24, 2.45) is 5.92 Å². The van der Waals surface area contributed by atoms with Crippen LogP contribution in [0.1, 0.15) is 56.8 Å². The van der Waals surface area contributed by atoms with Gasteiger partial charge in [-0.05, 0) is 45.7 Å². The van der Waals surface area contributed by atoms with E-state index < -0.39 is 23.7 Å². The summed E-state index contributed by atoms with van der Waals surface area (Å²) in [6, 6.07) is 3.45. The van der Waals surface area contributed by atoms with Crippen molar-refractivity contribution in [1.82, 2.24) is 9.55 Å². The van der Waals surface area contributed by atoms with Gasteiger partial charge in [0.1, 0.15) is 5.60 Å². The van der Waals surface area contributed by atoms with E-state index in [1.54, 1.807) is 39.1 Å². The molecule has 2 aromatic rings. The minimum Gasteiger partial charge on any atom is -0.443 e. The summed E-state index contributed by atoms with van der Waals surface area (Å²) in [5.74, 6) is -0.591. The smallest absolute Gasteiger partial charge is 0.419 e. The lowest BCUT2D eigenvalue weighted by Gasteiger charge is -2.26. The second kappa shape index (κ2) is 6.59. The molecular weight excluding hydrogens is 320 g/mol. The van der Waals surface area contributed by atoms with Crippen molar-refractivity contribution in [2.75, 3.05) is 0 Å². The minimum absolute atomic E-state index is 0.154. The summed E-state index contributed by atoms with van der Waals surface area (Å²) in [4.78, 5) is 29.8. The Bertz CT molecular complexity index is 803. The molecule has 0 aromatic carbocycles. The number of fused-ring (bicyclic) bond motifs is 1. The molecule has 0 amide bonds. The molecule has 0 aliphatic heterocycles. The molecule has 3 rings (SSSR count). The average molecular weight is 344 g/mol. The molecule has 25 heavy (non-hydrogen) atoms. The van der Waals surface area contributed by atoms with E-state index in [9.17, 15) is 14.7 Å². The topological polar surface area (TPSA) is 81.4 Å². The van der Waals surface area contributed by atoms with Crippen LogP contribution in [-0.4, -0.2) is 38.2 Å². The van der Waals surface area contributed by atoms with E-state index in [4.69, 9.17) is 4.74 Å². The molecule has 0 bridgehead atoms. The van der Waals surface area contributed by atoms with Gasteiger partial charge in [0.25, 0.3) is 0 Å². The fourth-order valence-electron chi connectivity index (χ4n) is 3.32. The Hall–Kier alpha value is -2.21. The molecule has 1 saturated carbocycles. The molecule has 2 atom stereocenters. The van der Waals surface area contributed by atoms with Gasteiger partial charge >= 0.3 is 6.09 Å². The monoisotopic (exact) mass is 344 g/mol. The number of hydrogen-bond acceptors (Lipinski definition) is 5. The first-order valence-electron chi connectivity index (χ1n) is 8.69. The largest absolute Gasteiger partial charge is 0.443 e. The molecular formula is C19H24N2O4. The maximum absolute atomic E-state index is 13.0. The highest BCUT2D eigenvalue weighted by molar-refractivity contribution is 6.09. The van der Waals surface area contributed by atoms with Crippen LogP contribution in [0, 0.1) is 5.92 Å². The molecule has 0 radical (unpaired) electrons. The van der Waals surface area contributed by atoms with Crippen molar-refractivity contribution in [3.05, 3.63) is 30.1 Å². The SMILES string of the molecule is CC(C)(C)OC(=O)n1cc(C(=O)[C@H]2CCCC[C@@H]2O)c2ncccc21. The predicted octanol–water partition coefficient (Wildman–Crippen LogP) is 3.55. The number of ether oxygens (including phenoxy) is 1. The molecule has 1 N–H and O–H groups in total. The Morgan fingerprint density at radius 2 is 2.00 bits per heavy atom. The van der Waals surface area contributed by atoms with E-state index in [0.717, 1.165) is 12.8 Å². The Morgan fingerprint density at radius 3 is 2.68 bits per heavy atom. The maximum Gasteiger partial charge on any atom is 0.419 e. The molecule has 134 valence electrons. The van der Waals surface area contributed by atoms with Gasteiger partial charge in [0, 0.05) is 18.3 Å². The van der Waals surface area contributed by atoms with Crippen LogP contribution in [0.5, 0.6) is 0 Å². The zero-order chi connectivity index (χ0) is 18.2. The Morgan fingerprint density at radius 1 is 1.28 bits per heavy atom. The minimum atomic E-state index is -0.639. The summed E-state index contributed by atoms with van der Waals surface area (Å²) in [5.41, 5.74) is 0.730. The van der Waals surface area contributed by atoms with Gasteiger partial charge in [-0.1, -0.05) is 12.8 Å². The van der Waals surface area contributed by atoms with Crippen molar-refractivity contribution < 1.29 is 19.4 Å². The average Bonchev–Trinajstić information content (AvgIpc) is 2.93. The van der Waals surface area contributed by atoms with Crippen molar-refractivity contribution in [1.29, 1.82) is 0 Å². The summed E-state index contributed by atoms with van der Waals surface area (Å²) >= 11 is 0. The number of aliphatic hydroxyl groups excluding tert-OH is 1. The number of pyridine rings is 1. The fraction of sp³-hybridized carbons (Fsp3) is 0.526. The zero-order valence-electron chi connectivity index (χ0n) is 14.9. The molecule has 0 unspecified atom stereocenters. The fourth-order valence-corrected chi connectivity index (χ4v) is 3.32. The molecule has 0 saturated heterocycles. The summed E-state index contributed by atoms with van der Waals surface area (Å²) < 4.78 is 6.76. The molecule has 0 spiro atoms. The normalized spacial score (nSPS) is 21.3. The van der Waals surface area contributed by atoms with Gasteiger partial charge in [0.05, 0.1) is 22.7 Å². The first-order chi connectivity index (χ1) is 11.8. The van der Waals surface area contributed by atoms with Crippen LogP contribution in [0.15, 0.2) is 24.5 Å². The van der Waals surface area contributed by atoms with E-state index in [1.807, 2.05) is 0 Å². The van der Waals surface area contributed by atoms with Crippen molar-refractivity contribution in [3.63, 3.8) is 0 Å². The quantitative estimate of drug-likeness (QED) is 0.843. The van der Waals surface area contributed by atoms with Crippen LogP contribution in [0.2, 0.25) is 0 Å². The summed E-state index contributed by atoms with van der Waals surface area (Å²) in [7, 11) is 0. The third-order valence-electron chi connectivity index (χ3n) is 4.48. The molecule has 6 nitrogen and oxygen atoms in total. The van der Waals surface area contributed by atoms with Crippen LogP contribution >= 0.6 is 0 Å². The van der Waals surface area contributed by atoms with Gasteiger partial charge in [-0.2, -0.15) is 0 Å². The first-order valence-corrected chi connectivity index (χ1v) is 8.69. The van der Waals surface area contributed by atoms with Crippen molar-refractivity contribution in [2.45, 2.75) is 58.2 Å². The lowest BCUT2D eigenvalue weighted by Crippen LogP contribution is -2.31. The number of hydrogen-bond donors (Lipinski definition) is 1. The van der Waals surface area contributed by atoms with Crippen LogP contribution in [0.25, 0.3) is 11.0 Å². The van der Waals surface area contributed by atoms with E-state index in [2.05, 4.69) is 4.98 Å². The highest BCUT2D eigenvalue weighted by atomic mass is 16.6. The highest BCUT2D eigenvalue weighted by Crippen LogP contribution is 2.30. The summed E-state index contributed by atoms with van der Waals surface area (Å²) in [5, 5.41) is 10.2. The van der Waals surface area contributed by atoms with Gasteiger partial charge in [0.15, 0.2) is 5.78 Å². The van der Waals surface area contributed by atoms with Crippen molar-refractivity contribution >= 4 is 22.9 Å². The zero-order valence-corrected chi connectivity index (χ0v) is 14.9. The van der Waals surface area contributed by atoms with E-state index in [0.29, 0.717) is 29.4 Å².